The van der Waals surface area contributed by atoms with Gasteiger partial charge in [0.25, 0.3) is 0 Å². The number of hydrogen-bond donors (Lipinski definition) is 0. The van der Waals surface area contributed by atoms with E-state index in [9.17, 15) is 0 Å². The topological polar surface area (TPSA) is 26.3 Å². The van der Waals surface area contributed by atoms with E-state index in [-0.39, 0.29) is 0 Å². The summed E-state index contributed by atoms with van der Waals surface area (Å²) in [6, 6.07) is 0. The number of carbonyl (C=O) groups is 1. The van der Waals surface area contributed by atoms with Crippen molar-refractivity contribution < 1.29 is 9.53 Å². The van der Waals surface area contributed by atoms with E-state index in [2.05, 4.69) is 15.9 Å². The lowest BCUT2D eigenvalue weighted by Crippen LogP contribution is -1.84. The van der Waals surface area contributed by atoms with Crippen molar-refractivity contribution in [2.45, 2.75) is 13.8 Å². The Hall–Kier alpha value is 0.110. The quantitative estimate of drug-likeness (QED) is 0.507. The van der Waals surface area contributed by atoms with Crippen LogP contribution in [-0.4, -0.2) is 24.8 Å². The fourth-order valence-electron chi connectivity index (χ4n) is 0.204. The third-order valence-electron chi connectivity index (χ3n) is 0.471. The maximum atomic E-state index is 9.13. The molecule has 0 saturated heterocycles. The first-order valence-electron chi connectivity index (χ1n) is 2.90. The SMILES string of the molecule is CCOCC.O=CCBr. The summed E-state index contributed by atoms with van der Waals surface area (Å²) in [6.45, 7) is 5.67. The minimum absolute atomic E-state index is 0.451. The number of rotatable bonds is 3. The molecule has 0 unspecified atom stereocenters. The molecular formula is C6H13BrO2. The van der Waals surface area contributed by atoms with Crippen LogP contribution in [0.2, 0.25) is 0 Å². The predicted molar refractivity (Wildman–Crippen MR) is 42.0 cm³/mol. The molecule has 0 saturated carbocycles. The van der Waals surface area contributed by atoms with Crippen molar-refractivity contribution in [3.05, 3.63) is 0 Å². The summed E-state index contributed by atoms with van der Waals surface area (Å²) in [5, 5.41) is 0.451. The van der Waals surface area contributed by atoms with Crippen molar-refractivity contribution in [2.75, 3.05) is 18.5 Å². The van der Waals surface area contributed by atoms with Crippen molar-refractivity contribution in [3.8, 4) is 0 Å². The van der Waals surface area contributed by atoms with Gasteiger partial charge in [0, 0.05) is 13.2 Å². The van der Waals surface area contributed by atoms with Crippen LogP contribution in [0.1, 0.15) is 13.8 Å². The Morgan fingerprint density at radius 3 is 1.78 bits per heavy atom. The molecule has 0 spiro atoms. The van der Waals surface area contributed by atoms with Gasteiger partial charge in [-0.25, -0.2) is 0 Å². The Morgan fingerprint density at radius 1 is 1.44 bits per heavy atom. The van der Waals surface area contributed by atoms with Crippen LogP contribution < -0.4 is 0 Å². The molecule has 3 heteroatoms. The van der Waals surface area contributed by atoms with Crippen LogP contribution in [0.25, 0.3) is 0 Å². The van der Waals surface area contributed by atoms with Crippen molar-refractivity contribution in [1.82, 2.24) is 0 Å². The molecule has 0 aliphatic heterocycles. The smallest absolute Gasteiger partial charge is 0.130 e. The van der Waals surface area contributed by atoms with E-state index in [4.69, 9.17) is 9.53 Å². The molecule has 0 N–H and O–H groups in total. The summed E-state index contributed by atoms with van der Waals surface area (Å²) in [7, 11) is 0. The van der Waals surface area contributed by atoms with Crippen LogP contribution in [0.3, 0.4) is 0 Å². The van der Waals surface area contributed by atoms with Crippen LogP contribution in [0.4, 0.5) is 0 Å². The molecule has 0 aliphatic carbocycles. The van der Waals surface area contributed by atoms with Crippen LogP contribution in [-0.2, 0) is 9.53 Å². The van der Waals surface area contributed by atoms with Crippen LogP contribution in [0.5, 0.6) is 0 Å². The zero-order chi connectivity index (χ0) is 7.54. The van der Waals surface area contributed by atoms with Crippen molar-refractivity contribution in [1.29, 1.82) is 0 Å². The van der Waals surface area contributed by atoms with Gasteiger partial charge >= 0.3 is 0 Å². The third-order valence-corrected chi connectivity index (χ3v) is 0.736. The zero-order valence-corrected chi connectivity index (χ0v) is 7.48. The molecule has 56 valence electrons. The van der Waals surface area contributed by atoms with E-state index in [1.807, 2.05) is 13.8 Å². The minimum Gasteiger partial charge on any atom is -0.382 e. The van der Waals surface area contributed by atoms with Crippen molar-refractivity contribution >= 4 is 22.2 Å². The Kier molecular flexibility index (Phi) is 20.7. The second-order valence-electron chi connectivity index (χ2n) is 1.10. The molecular weight excluding hydrogens is 184 g/mol. The molecule has 0 heterocycles. The molecule has 0 aromatic rings. The van der Waals surface area contributed by atoms with Gasteiger partial charge in [-0.15, -0.1) is 0 Å². The highest BCUT2D eigenvalue weighted by Gasteiger charge is 1.64. The van der Waals surface area contributed by atoms with E-state index in [0.29, 0.717) is 5.33 Å². The molecule has 0 aromatic heterocycles. The summed E-state index contributed by atoms with van der Waals surface area (Å²) in [5.41, 5.74) is 0. The molecule has 0 aliphatic rings. The Morgan fingerprint density at radius 2 is 1.78 bits per heavy atom. The average Bonchev–Trinajstić information content (AvgIpc) is 1.91. The Balaban J connectivity index is 0. The molecule has 2 nitrogen and oxygen atoms in total. The zero-order valence-electron chi connectivity index (χ0n) is 5.89. The fraction of sp³-hybridized carbons (Fsp3) is 0.833. The Bertz CT molecular complexity index is 46.3. The first-order valence-corrected chi connectivity index (χ1v) is 4.02. The molecule has 0 fully saturated rings. The lowest BCUT2D eigenvalue weighted by molar-refractivity contribution is -0.105. The summed E-state index contributed by atoms with van der Waals surface area (Å²) in [6.07, 6.45) is 0.792. The predicted octanol–water partition coefficient (Wildman–Crippen LogP) is 1.62. The standard InChI is InChI=1S/C4H10O.C2H3BrO/c1-3-5-4-2;3-1-2-4/h3-4H2,1-2H3;2H,1H2. The molecule has 9 heavy (non-hydrogen) atoms. The second kappa shape index (κ2) is 15.7. The van der Waals surface area contributed by atoms with Crippen LogP contribution in [0.15, 0.2) is 0 Å². The van der Waals surface area contributed by atoms with Gasteiger partial charge in [-0.3, -0.25) is 0 Å². The second-order valence-corrected chi connectivity index (χ2v) is 1.75. The normalized spacial score (nSPS) is 7.44. The largest absolute Gasteiger partial charge is 0.382 e. The third kappa shape index (κ3) is 31.3. The monoisotopic (exact) mass is 196 g/mol. The van der Waals surface area contributed by atoms with E-state index in [0.717, 1.165) is 19.5 Å². The van der Waals surface area contributed by atoms with Gasteiger partial charge in [0.15, 0.2) is 0 Å². The lowest BCUT2D eigenvalue weighted by Gasteiger charge is -1.86. The Labute approximate surface area is 64.7 Å². The number of carbonyl (C=O) groups excluding carboxylic acids is 1. The van der Waals surface area contributed by atoms with Crippen LogP contribution in [0, 0.1) is 0 Å². The summed E-state index contributed by atoms with van der Waals surface area (Å²) in [4.78, 5) is 9.13. The minimum atomic E-state index is 0.451. The number of hydrogen-bond acceptors (Lipinski definition) is 2. The van der Waals surface area contributed by atoms with Gasteiger partial charge in [0.1, 0.15) is 6.29 Å². The molecule has 0 bridgehead atoms. The van der Waals surface area contributed by atoms with Gasteiger partial charge in [0.05, 0.1) is 5.33 Å². The van der Waals surface area contributed by atoms with Gasteiger partial charge < -0.3 is 9.53 Å². The number of ether oxygens (including phenoxy) is 1. The van der Waals surface area contributed by atoms with Gasteiger partial charge in [-0.1, -0.05) is 15.9 Å². The summed E-state index contributed by atoms with van der Waals surface area (Å²) < 4.78 is 4.83. The summed E-state index contributed by atoms with van der Waals surface area (Å²) >= 11 is 2.88. The maximum Gasteiger partial charge on any atom is 0.130 e. The highest BCUT2D eigenvalue weighted by molar-refractivity contribution is 9.09. The van der Waals surface area contributed by atoms with Crippen molar-refractivity contribution in [3.63, 3.8) is 0 Å². The van der Waals surface area contributed by atoms with E-state index in [1.165, 1.54) is 0 Å². The highest BCUT2D eigenvalue weighted by atomic mass is 79.9. The number of halogens is 1. The first kappa shape index (κ1) is 11.9. The maximum absolute atomic E-state index is 9.13. The van der Waals surface area contributed by atoms with Gasteiger partial charge in [0.2, 0.25) is 0 Å². The molecule has 0 rings (SSSR count). The van der Waals surface area contributed by atoms with E-state index in [1.54, 1.807) is 0 Å². The molecule has 0 atom stereocenters. The molecule has 0 radical (unpaired) electrons. The van der Waals surface area contributed by atoms with E-state index >= 15 is 0 Å². The van der Waals surface area contributed by atoms with Crippen LogP contribution >= 0.6 is 15.9 Å². The number of alkyl halides is 1. The fourth-order valence-corrected chi connectivity index (χ4v) is 0.204. The number of aldehydes is 1. The van der Waals surface area contributed by atoms with Gasteiger partial charge in [-0.2, -0.15) is 0 Å². The highest BCUT2D eigenvalue weighted by Crippen LogP contribution is 1.65. The molecule has 0 aromatic carbocycles. The first-order chi connectivity index (χ1) is 4.33. The van der Waals surface area contributed by atoms with E-state index < -0.39 is 0 Å². The summed E-state index contributed by atoms with van der Waals surface area (Å²) in [5.74, 6) is 0. The average molecular weight is 197 g/mol. The van der Waals surface area contributed by atoms with Gasteiger partial charge in [-0.05, 0) is 13.8 Å². The molecule has 0 amide bonds. The van der Waals surface area contributed by atoms with Crippen molar-refractivity contribution in [2.24, 2.45) is 0 Å². The lowest BCUT2D eigenvalue weighted by atomic mass is 10.8.